The molecular weight excluding hydrogens is 453 g/mol. The minimum atomic E-state index is 0. The fourth-order valence-corrected chi connectivity index (χ4v) is 3.49. The fourth-order valence-electron chi connectivity index (χ4n) is 3.49. The summed E-state index contributed by atoms with van der Waals surface area (Å²) in [6.45, 7) is 4.24. The second-order valence-electron chi connectivity index (χ2n) is 7.58. The molecule has 2 fully saturated rings. The number of rotatable bonds is 10. The highest BCUT2D eigenvalue weighted by molar-refractivity contribution is 14.0. The summed E-state index contributed by atoms with van der Waals surface area (Å²) in [6, 6.07) is 10.8. The third-order valence-corrected chi connectivity index (χ3v) is 5.32. The van der Waals surface area contributed by atoms with Gasteiger partial charge in [0, 0.05) is 33.4 Å². The zero-order chi connectivity index (χ0) is 18.1. The molecule has 152 valence electrons. The summed E-state index contributed by atoms with van der Waals surface area (Å²) in [7, 11) is 1.83. The van der Waals surface area contributed by atoms with Crippen molar-refractivity contribution in [2.24, 2.45) is 10.4 Å². The van der Waals surface area contributed by atoms with Gasteiger partial charge in [0.15, 0.2) is 5.96 Å². The van der Waals surface area contributed by atoms with Crippen LogP contribution < -0.4 is 10.6 Å². The van der Waals surface area contributed by atoms with Gasteiger partial charge in [-0.3, -0.25) is 4.99 Å². The van der Waals surface area contributed by atoms with Crippen LogP contribution in [-0.4, -0.2) is 52.0 Å². The fraction of sp³-hybridized carbons (Fsp3) is 0.667. The second-order valence-corrected chi connectivity index (χ2v) is 7.58. The van der Waals surface area contributed by atoms with Crippen molar-refractivity contribution in [1.82, 2.24) is 10.6 Å². The Morgan fingerprint density at radius 1 is 1.26 bits per heavy atom. The minimum Gasteiger partial charge on any atom is -0.379 e. The molecule has 0 radical (unpaired) electrons. The Hall–Kier alpha value is -0.860. The lowest BCUT2D eigenvalue weighted by Gasteiger charge is -2.19. The summed E-state index contributed by atoms with van der Waals surface area (Å²) in [5.74, 6) is 0.892. The molecule has 27 heavy (non-hydrogen) atoms. The van der Waals surface area contributed by atoms with Crippen molar-refractivity contribution < 1.29 is 9.47 Å². The molecule has 3 rings (SSSR count). The van der Waals surface area contributed by atoms with Crippen LogP contribution in [0.15, 0.2) is 35.3 Å². The number of aliphatic imine (C=N–C) groups is 1. The predicted octanol–water partition coefficient (Wildman–Crippen LogP) is 3.38. The maximum Gasteiger partial charge on any atom is 0.190 e. The van der Waals surface area contributed by atoms with Gasteiger partial charge >= 0.3 is 0 Å². The normalized spacial score (nSPS) is 20.8. The van der Waals surface area contributed by atoms with Gasteiger partial charge in [-0.2, -0.15) is 0 Å². The van der Waals surface area contributed by atoms with Gasteiger partial charge in [-0.15, -0.1) is 24.0 Å². The Morgan fingerprint density at radius 3 is 2.74 bits per heavy atom. The maximum atomic E-state index is 5.70. The zero-order valence-corrected chi connectivity index (χ0v) is 18.7. The topological polar surface area (TPSA) is 54.9 Å². The first-order chi connectivity index (χ1) is 12.8. The quantitative estimate of drug-likeness (QED) is 0.230. The van der Waals surface area contributed by atoms with Gasteiger partial charge < -0.3 is 20.1 Å². The van der Waals surface area contributed by atoms with E-state index >= 15 is 0 Å². The van der Waals surface area contributed by atoms with Gasteiger partial charge in [0.25, 0.3) is 0 Å². The molecule has 1 aromatic rings. The van der Waals surface area contributed by atoms with E-state index in [2.05, 4.69) is 46.0 Å². The first-order valence-corrected chi connectivity index (χ1v) is 9.97. The van der Waals surface area contributed by atoms with E-state index in [0.717, 1.165) is 58.1 Å². The van der Waals surface area contributed by atoms with Crippen molar-refractivity contribution in [3.8, 4) is 0 Å². The number of hydrogen-bond donors (Lipinski definition) is 2. The number of nitrogens with zero attached hydrogens (tertiary/aromatic N) is 1. The number of ether oxygens (including phenoxy) is 2. The molecule has 0 aromatic heterocycles. The lowest BCUT2D eigenvalue weighted by atomic mass is 9.96. The SMILES string of the molecule is CN=C(NCCCOCC1CCCO1)NCC1(Cc2ccccc2)CC1.I. The van der Waals surface area contributed by atoms with Crippen molar-refractivity contribution in [2.45, 2.75) is 44.6 Å². The average Bonchev–Trinajstić information content (AvgIpc) is 3.22. The van der Waals surface area contributed by atoms with Gasteiger partial charge in [0.05, 0.1) is 12.7 Å². The van der Waals surface area contributed by atoms with Gasteiger partial charge in [0.2, 0.25) is 0 Å². The molecule has 1 aliphatic carbocycles. The van der Waals surface area contributed by atoms with E-state index in [0.29, 0.717) is 11.5 Å². The predicted molar refractivity (Wildman–Crippen MR) is 121 cm³/mol. The molecule has 0 bridgehead atoms. The Balaban J connectivity index is 0.00000261. The lowest BCUT2D eigenvalue weighted by molar-refractivity contribution is 0.0168. The zero-order valence-electron chi connectivity index (χ0n) is 16.4. The van der Waals surface area contributed by atoms with Crippen LogP contribution >= 0.6 is 24.0 Å². The Morgan fingerprint density at radius 2 is 2.07 bits per heavy atom. The Labute approximate surface area is 180 Å². The molecule has 1 aromatic carbocycles. The van der Waals surface area contributed by atoms with E-state index in [1.165, 1.54) is 24.8 Å². The molecule has 0 amide bonds. The van der Waals surface area contributed by atoms with Crippen LogP contribution in [0.1, 0.15) is 37.7 Å². The van der Waals surface area contributed by atoms with Crippen molar-refractivity contribution in [3.05, 3.63) is 35.9 Å². The summed E-state index contributed by atoms with van der Waals surface area (Å²) in [5, 5.41) is 6.90. The lowest BCUT2D eigenvalue weighted by Crippen LogP contribution is -2.41. The maximum absolute atomic E-state index is 5.70. The molecule has 1 aliphatic heterocycles. The molecule has 6 heteroatoms. The number of benzene rings is 1. The summed E-state index contributed by atoms with van der Waals surface area (Å²) in [6.07, 6.45) is 7.34. The van der Waals surface area contributed by atoms with Crippen LogP contribution in [-0.2, 0) is 15.9 Å². The third kappa shape index (κ3) is 7.95. The molecule has 1 saturated carbocycles. The van der Waals surface area contributed by atoms with Crippen LogP contribution in [0, 0.1) is 5.41 Å². The molecule has 1 heterocycles. The van der Waals surface area contributed by atoms with Gasteiger partial charge in [-0.25, -0.2) is 0 Å². The first kappa shape index (κ1) is 22.4. The van der Waals surface area contributed by atoms with Gasteiger partial charge in [0.1, 0.15) is 0 Å². The number of nitrogens with one attached hydrogen (secondary N) is 2. The molecule has 5 nitrogen and oxygen atoms in total. The first-order valence-electron chi connectivity index (χ1n) is 9.97. The Bertz CT molecular complexity index is 558. The largest absolute Gasteiger partial charge is 0.379 e. The summed E-state index contributed by atoms with van der Waals surface area (Å²) >= 11 is 0. The molecule has 2 aliphatic rings. The van der Waals surface area contributed by atoms with Crippen molar-refractivity contribution in [1.29, 1.82) is 0 Å². The van der Waals surface area contributed by atoms with Crippen LogP contribution in [0.2, 0.25) is 0 Å². The van der Waals surface area contributed by atoms with Crippen molar-refractivity contribution >= 4 is 29.9 Å². The monoisotopic (exact) mass is 487 g/mol. The van der Waals surface area contributed by atoms with Crippen molar-refractivity contribution in [3.63, 3.8) is 0 Å². The minimum absolute atomic E-state index is 0. The van der Waals surface area contributed by atoms with Crippen LogP contribution in [0.3, 0.4) is 0 Å². The van der Waals surface area contributed by atoms with Gasteiger partial charge in [-0.1, -0.05) is 30.3 Å². The van der Waals surface area contributed by atoms with E-state index in [9.17, 15) is 0 Å². The molecule has 1 saturated heterocycles. The highest BCUT2D eigenvalue weighted by Gasteiger charge is 2.42. The highest BCUT2D eigenvalue weighted by Crippen LogP contribution is 2.47. The van der Waals surface area contributed by atoms with E-state index in [4.69, 9.17) is 9.47 Å². The third-order valence-electron chi connectivity index (χ3n) is 5.32. The number of halogens is 1. The van der Waals surface area contributed by atoms with Crippen LogP contribution in [0.25, 0.3) is 0 Å². The number of guanidine groups is 1. The highest BCUT2D eigenvalue weighted by atomic mass is 127. The van der Waals surface area contributed by atoms with E-state index < -0.39 is 0 Å². The van der Waals surface area contributed by atoms with E-state index in [1.807, 2.05) is 7.05 Å². The molecule has 2 N–H and O–H groups in total. The smallest absolute Gasteiger partial charge is 0.190 e. The summed E-state index contributed by atoms with van der Waals surface area (Å²) < 4.78 is 11.3. The second kappa shape index (κ2) is 11.9. The van der Waals surface area contributed by atoms with Gasteiger partial charge in [-0.05, 0) is 49.5 Å². The average molecular weight is 487 g/mol. The van der Waals surface area contributed by atoms with E-state index in [-0.39, 0.29) is 24.0 Å². The molecule has 0 spiro atoms. The molecule has 1 unspecified atom stereocenters. The Kier molecular flexibility index (Phi) is 9.86. The van der Waals surface area contributed by atoms with Crippen LogP contribution in [0.5, 0.6) is 0 Å². The molecule has 1 atom stereocenters. The number of hydrogen-bond acceptors (Lipinski definition) is 3. The van der Waals surface area contributed by atoms with Crippen molar-refractivity contribution in [2.75, 3.05) is 40.0 Å². The summed E-state index contributed by atoms with van der Waals surface area (Å²) in [4.78, 5) is 4.34. The standard InChI is InChI=1S/C21H33N3O2.HI/c1-22-20(23-12-6-13-25-16-19-9-5-14-26-19)24-17-21(10-11-21)15-18-7-3-2-4-8-18;/h2-4,7-8,19H,5-6,9-17H2,1H3,(H2,22,23,24);1H. The summed E-state index contributed by atoms with van der Waals surface area (Å²) in [5.41, 5.74) is 1.83. The molecular formula is C21H34IN3O2. The van der Waals surface area contributed by atoms with Crippen LogP contribution in [0.4, 0.5) is 0 Å². The van der Waals surface area contributed by atoms with E-state index in [1.54, 1.807) is 0 Å².